The van der Waals surface area contributed by atoms with Gasteiger partial charge in [0.15, 0.2) is 0 Å². The summed E-state index contributed by atoms with van der Waals surface area (Å²) in [6.45, 7) is 2.86. The second-order valence-electron chi connectivity index (χ2n) is 9.73. The van der Waals surface area contributed by atoms with Crippen LogP contribution < -0.4 is 5.32 Å². The molecule has 0 spiro atoms. The highest BCUT2D eigenvalue weighted by Crippen LogP contribution is 2.30. The molecule has 0 fully saturated rings. The van der Waals surface area contributed by atoms with Gasteiger partial charge in [0.05, 0.1) is 0 Å². The predicted molar refractivity (Wildman–Crippen MR) is 159 cm³/mol. The van der Waals surface area contributed by atoms with Crippen LogP contribution in [0.5, 0.6) is 0 Å². The van der Waals surface area contributed by atoms with E-state index in [9.17, 15) is 9.59 Å². The maximum Gasteiger partial charge on any atom is 0.243 e. The van der Waals surface area contributed by atoms with E-state index < -0.39 is 6.04 Å². The predicted octanol–water partition coefficient (Wildman–Crippen LogP) is 7.03. The number of rotatable bonds is 12. The first kappa shape index (κ1) is 28.1. The van der Waals surface area contributed by atoms with E-state index in [0.29, 0.717) is 18.0 Å². The summed E-state index contributed by atoms with van der Waals surface area (Å²) in [4.78, 5) is 29.7. The summed E-state index contributed by atoms with van der Waals surface area (Å²) < 4.78 is 0. The van der Waals surface area contributed by atoms with Crippen LogP contribution in [-0.4, -0.2) is 29.3 Å². The molecule has 5 heteroatoms. The van der Waals surface area contributed by atoms with Crippen LogP contribution in [0, 0.1) is 0 Å². The molecule has 200 valence electrons. The van der Waals surface area contributed by atoms with Crippen molar-refractivity contribution < 1.29 is 9.59 Å². The minimum Gasteiger partial charge on any atom is -0.354 e. The fourth-order valence-electron chi connectivity index (χ4n) is 4.84. The Labute approximate surface area is 236 Å². The van der Waals surface area contributed by atoms with Crippen molar-refractivity contribution >= 4 is 23.4 Å². The Morgan fingerprint density at radius 2 is 1.33 bits per heavy atom. The van der Waals surface area contributed by atoms with Gasteiger partial charge in [-0.25, -0.2) is 0 Å². The Kier molecular flexibility index (Phi) is 10.3. The summed E-state index contributed by atoms with van der Waals surface area (Å²) in [6.07, 6.45) is 1.47. The third-order valence-electron chi connectivity index (χ3n) is 6.84. The summed E-state index contributed by atoms with van der Waals surface area (Å²) in [5, 5.41) is 3.64. The Morgan fingerprint density at radius 1 is 0.769 bits per heavy atom. The van der Waals surface area contributed by atoms with Crippen LogP contribution in [0.1, 0.15) is 47.9 Å². The lowest BCUT2D eigenvalue weighted by Crippen LogP contribution is -2.50. The number of benzene rings is 4. The second-order valence-corrected chi connectivity index (χ2v) is 10.2. The van der Waals surface area contributed by atoms with E-state index in [1.807, 2.05) is 97.9 Å². The third-order valence-corrected chi connectivity index (χ3v) is 7.08. The molecule has 39 heavy (non-hydrogen) atoms. The topological polar surface area (TPSA) is 49.4 Å². The molecule has 0 aliphatic rings. The molecule has 0 aliphatic heterocycles. The summed E-state index contributed by atoms with van der Waals surface area (Å²) in [5.74, 6) is -0.370. The Hall–Kier alpha value is -3.89. The molecule has 4 aromatic carbocycles. The lowest BCUT2D eigenvalue weighted by molar-refractivity contribution is -0.141. The number of hydrogen-bond acceptors (Lipinski definition) is 2. The van der Waals surface area contributed by atoms with E-state index in [1.165, 1.54) is 0 Å². The number of nitrogens with one attached hydrogen (secondary N) is 1. The van der Waals surface area contributed by atoms with Gasteiger partial charge in [0, 0.05) is 36.9 Å². The summed E-state index contributed by atoms with van der Waals surface area (Å²) in [6, 6.07) is 36.9. The van der Waals surface area contributed by atoms with Crippen LogP contribution >= 0.6 is 11.6 Å². The molecule has 2 amide bonds. The van der Waals surface area contributed by atoms with Gasteiger partial charge in [-0.3, -0.25) is 9.59 Å². The van der Waals surface area contributed by atoms with Crippen molar-refractivity contribution in [3.63, 3.8) is 0 Å². The molecule has 4 rings (SSSR count). The van der Waals surface area contributed by atoms with Gasteiger partial charge in [-0.15, -0.1) is 0 Å². The number of nitrogens with zero attached hydrogens (tertiary/aromatic N) is 1. The lowest BCUT2D eigenvalue weighted by atomic mass is 9.87. The number of carbonyl (C=O) groups excluding carboxylic acids is 2. The molecule has 0 aliphatic carbocycles. The highest BCUT2D eigenvalue weighted by molar-refractivity contribution is 6.30. The van der Waals surface area contributed by atoms with Crippen molar-refractivity contribution in [2.75, 3.05) is 6.54 Å². The van der Waals surface area contributed by atoms with Crippen molar-refractivity contribution in [1.29, 1.82) is 0 Å². The molecular weight excluding hydrogens is 504 g/mol. The quantitative estimate of drug-likeness (QED) is 0.210. The number of carbonyl (C=O) groups is 2. The highest BCUT2D eigenvalue weighted by atomic mass is 35.5. The van der Waals surface area contributed by atoms with Crippen LogP contribution in [0.2, 0.25) is 5.02 Å². The van der Waals surface area contributed by atoms with E-state index in [4.69, 9.17) is 11.6 Å². The molecule has 0 heterocycles. The Bertz CT molecular complexity index is 1290. The third kappa shape index (κ3) is 8.05. The number of hydrogen-bond donors (Lipinski definition) is 1. The Morgan fingerprint density at radius 3 is 1.90 bits per heavy atom. The standard InChI is InChI=1S/C34H35ClN2O2/c1-2-21-36-34(39)32(23-26-13-6-3-7-14-26)37(25-27-15-12-20-30(35)22-27)33(38)24-31(28-16-8-4-9-17-28)29-18-10-5-11-19-29/h3-20,22,31-32H,2,21,23-25H2,1H3,(H,36,39). The Balaban J connectivity index is 1.72. The molecule has 0 aromatic heterocycles. The minimum absolute atomic E-state index is 0.0831. The molecule has 4 nitrogen and oxygen atoms in total. The average Bonchev–Trinajstić information content (AvgIpc) is 2.97. The van der Waals surface area contributed by atoms with E-state index >= 15 is 0 Å². The summed E-state index contributed by atoms with van der Waals surface area (Å²) in [7, 11) is 0. The van der Waals surface area contributed by atoms with Gasteiger partial charge < -0.3 is 10.2 Å². The molecule has 0 bridgehead atoms. The largest absolute Gasteiger partial charge is 0.354 e. The van der Waals surface area contributed by atoms with Gasteiger partial charge in [0.1, 0.15) is 6.04 Å². The zero-order valence-corrected chi connectivity index (χ0v) is 23.1. The normalized spacial score (nSPS) is 11.7. The fourth-order valence-corrected chi connectivity index (χ4v) is 5.06. The van der Waals surface area contributed by atoms with Gasteiger partial charge in [-0.2, -0.15) is 0 Å². The van der Waals surface area contributed by atoms with Crippen LogP contribution in [0.4, 0.5) is 0 Å². The summed E-state index contributed by atoms with van der Waals surface area (Å²) >= 11 is 6.31. The molecule has 1 N–H and O–H groups in total. The van der Waals surface area contributed by atoms with Gasteiger partial charge in [0.25, 0.3) is 0 Å². The van der Waals surface area contributed by atoms with Gasteiger partial charge in [0.2, 0.25) is 11.8 Å². The molecular formula is C34H35ClN2O2. The maximum atomic E-state index is 14.3. The maximum absolute atomic E-state index is 14.3. The van der Waals surface area contributed by atoms with Crippen molar-refractivity contribution in [3.05, 3.63) is 143 Å². The van der Waals surface area contributed by atoms with Gasteiger partial charge >= 0.3 is 0 Å². The van der Waals surface area contributed by atoms with Crippen LogP contribution in [0.15, 0.2) is 115 Å². The molecule has 0 radical (unpaired) electrons. The zero-order chi connectivity index (χ0) is 27.5. The summed E-state index contributed by atoms with van der Waals surface area (Å²) in [5.41, 5.74) is 4.01. The molecule has 1 unspecified atom stereocenters. The van der Waals surface area contributed by atoms with E-state index in [0.717, 1.165) is 28.7 Å². The first-order valence-corrected chi connectivity index (χ1v) is 13.9. The highest BCUT2D eigenvalue weighted by Gasteiger charge is 2.32. The fraction of sp³-hybridized carbons (Fsp3) is 0.235. The second kappa shape index (κ2) is 14.3. The monoisotopic (exact) mass is 538 g/mol. The average molecular weight is 539 g/mol. The lowest BCUT2D eigenvalue weighted by Gasteiger charge is -2.33. The SMILES string of the molecule is CCCNC(=O)C(Cc1ccccc1)N(Cc1cccc(Cl)c1)C(=O)CC(c1ccccc1)c1ccccc1. The smallest absolute Gasteiger partial charge is 0.243 e. The minimum atomic E-state index is -0.669. The van der Waals surface area contributed by atoms with E-state index in [2.05, 4.69) is 29.6 Å². The molecule has 0 saturated heterocycles. The van der Waals surface area contributed by atoms with Crippen molar-refractivity contribution in [1.82, 2.24) is 10.2 Å². The van der Waals surface area contributed by atoms with E-state index in [-0.39, 0.29) is 30.7 Å². The molecule has 0 saturated carbocycles. The zero-order valence-electron chi connectivity index (χ0n) is 22.3. The van der Waals surface area contributed by atoms with Crippen molar-refractivity contribution in [2.24, 2.45) is 0 Å². The molecule has 4 aromatic rings. The number of halogens is 1. The van der Waals surface area contributed by atoms with Crippen molar-refractivity contribution in [3.8, 4) is 0 Å². The van der Waals surface area contributed by atoms with Crippen molar-refractivity contribution in [2.45, 2.75) is 44.7 Å². The molecule has 1 atom stereocenters. The number of amides is 2. The van der Waals surface area contributed by atoms with E-state index in [1.54, 1.807) is 4.90 Å². The van der Waals surface area contributed by atoms with Gasteiger partial charge in [-0.05, 0) is 40.8 Å². The first-order chi connectivity index (χ1) is 19.0. The van der Waals surface area contributed by atoms with Crippen LogP contribution in [0.25, 0.3) is 0 Å². The van der Waals surface area contributed by atoms with Crippen LogP contribution in [0.3, 0.4) is 0 Å². The van der Waals surface area contributed by atoms with Crippen LogP contribution in [-0.2, 0) is 22.6 Å². The first-order valence-electron chi connectivity index (χ1n) is 13.5. The van der Waals surface area contributed by atoms with Gasteiger partial charge in [-0.1, -0.05) is 122 Å².